The lowest BCUT2D eigenvalue weighted by molar-refractivity contribution is 0.850. The molecule has 2 rings (SSSR count). The van der Waals surface area contributed by atoms with Crippen LogP contribution < -0.4 is 0 Å². The van der Waals surface area contributed by atoms with Gasteiger partial charge in [-0.1, -0.05) is 25.1 Å². The average Bonchev–Trinajstić information content (AvgIpc) is 2.80. The third kappa shape index (κ3) is 2.11. The van der Waals surface area contributed by atoms with E-state index >= 15 is 0 Å². The minimum atomic E-state index is 0.165. The average molecular weight is 229 g/mol. The molecule has 0 spiro atoms. The van der Waals surface area contributed by atoms with Crippen molar-refractivity contribution < 1.29 is 0 Å². The zero-order chi connectivity index (χ0) is 12.4. The summed E-state index contributed by atoms with van der Waals surface area (Å²) in [5.41, 5.74) is 4.63. The molecule has 17 heavy (non-hydrogen) atoms. The predicted molar refractivity (Wildman–Crippen MR) is 66.9 cm³/mol. The molecule has 4 nitrogen and oxygen atoms in total. The van der Waals surface area contributed by atoms with Gasteiger partial charge in [0, 0.05) is 5.92 Å². The van der Waals surface area contributed by atoms with Gasteiger partial charge in [-0.2, -0.15) is 4.68 Å². The van der Waals surface area contributed by atoms with E-state index in [2.05, 4.69) is 43.2 Å². The van der Waals surface area contributed by atoms with Gasteiger partial charge < -0.3 is 0 Å². The molecule has 1 unspecified atom stereocenters. The van der Waals surface area contributed by atoms with Crippen LogP contribution in [0.4, 0.5) is 0 Å². The monoisotopic (exact) mass is 229 g/mol. The highest BCUT2D eigenvalue weighted by Gasteiger charge is 2.14. The van der Waals surface area contributed by atoms with Gasteiger partial charge in [0.25, 0.3) is 0 Å². The molecular weight excluding hydrogens is 214 g/mol. The zero-order valence-electron chi connectivity index (χ0n) is 10.2. The molecule has 1 aromatic carbocycles. The van der Waals surface area contributed by atoms with Gasteiger partial charge in [-0.3, -0.25) is 0 Å². The molecule has 0 N–H and O–H groups in total. The lowest BCUT2D eigenvalue weighted by Gasteiger charge is -2.14. The summed E-state index contributed by atoms with van der Waals surface area (Å²) in [4.78, 5) is 14.6. The number of rotatable bonds is 3. The molecule has 1 aromatic heterocycles. The Hall–Kier alpha value is -1.97. The Bertz CT molecular complexity index is 545. The van der Waals surface area contributed by atoms with Crippen molar-refractivity contribution in [1.29, 1.82) is 0 Å². The molecular formula is C13H15N3O. The maximum atomic E-state index is 10.4. The second-order valence-electron chi connectivity index (χ2n) is 4.27. The van der Waals surface area contributed by atoms with Gasteiger partial charge in [0.1, 0.15) is 6.33 Å². The number of aryl methyl sites for hydroxylation is 1. The molecule has 88 valence electrons. The standard InChI is InChI=1S/C13H15N3O/c1-9-5-4-6-12(10(9)2)11(3)13-7-16(15-17)8-14-13/h4-8,11H,1-3H3. The van der Waals surface area contributed by atoms with E-state index in [1.165, 1.54) is 27.7 Å². The Balaban J connectivity index is 2.39. The van der Waals surface area contributed by atoms with E-state index in [9.17, 15) is 4.91 Å². The summed E-state index contributed by atoms with van der Waals surface area (Å²) in [6.45, 7) is 6.28. The van der Waals surface area contributed by atoms with E-state index in [0.717, 1.165) is 5.69 Å². The summed E-state index contributed by atoms with van der Waals surface area (Å²) in [6.07, 6.45) is 3.10. The summed E-state index contributed by atoms with van der Waals surface area (Å²) in [5.74, 6) is 0.165. The number of nitrogens with zero attached hydrogens (tertiary/aromatic N) is 3. The van der Waals surface area contributed by atoms with Gasteiger partial charge in [-0.25, -0.2) is 4.98 Å². The van der Waals surface area contributed by atoms with Crippen molar-refractivity contribution in [3.05, 3.63) is 58.0 Å². The maximum absolute atomic E-state index is 10.4. The lowest BCUT2D eigenvalue weighted by Crippen LogP contribution is -2.00. The Kier molecular flexibility index (Phi) is 3.04. The number of imidazole rings is 1. The molecule has 0 saturated heterocycles. The van der Waals surface area contributed by atoms with Gasteiger partial charge in [0.05, 0.1) is 17.2 Å². The van der Waals surface area contributed by atoms with Crippen molar-refractivity contribution in [2.24, 2.45) is 5.29 Å². The Morgan fingerprint density at radius 3 is 2.76 bits per heavy atom. The van der Waals surface area contributed by atoms with Gasteiger partial charge in [0.2, 0.25) is 0 Å². The fraction of sp³-hybridized carbons (Fsp3) is 0.308. The van der Waals surface area contributed by atoms with E-state index in [4.69, 9.17) is 0 Å². The van der Waals surface area contributed by atoms with E-state index in [-0.39, 0.29) is 5.92 Å². The van der Waals surface area contributed by atoms with Crippen molar-refractivity contribution in [1.82, 2.24) is 9.66 Å². The summed E-state index contributed by atoms with van der Waals surface area (Å²) in [5, 5.41) is 2.81. The second kappa shape index (κ2) is 4.49. The van der Waals surface area contributed by atoms with Crippen molar-refractivity contribution >= 4 is 0 Å². The van der Waals surface area contributed by atoms with E-state index < -0.39 is 0 Å². The number of aromatic nitrogens is 2. The maximum Gasteiger partial charge on any atom is 0.120 e. The van der Waals surface area contributed by atoms with Crippen LogP contribution >= 0.6 is 0 Å². The molecule has 0 amide bonds. The molecule has 0 saturated carbocycles. The van der Waals surface area contributed by atoms with Crippen LogP contribution in [-0.2, 0) is 0 Å². The van der Waals surface area contributed by atoms with E-state index in [1.54, 1.807) is 6.20 Å². The highest BCUT2D eigenvalue weighted by molar-refractivity contribution is 5.38. The fourth-order valence-corrected chi connectivity index (χ4v) is 2.00. The third-order valence-electron chi connectivity index (χ3n) is 3.24. The van der Waals surface area contributed by atoms with Crippen LogP contribution in [-0.4, -0.2) is 9.66 Å². The van der Waals surface area contributed by atoms with Crippen molar-refractivity contribution in [3.8, 4) is 0 Å². The lowest BCUT2D eigenvalue weighted by atomic mass is 9.92. The fourth-order valence-electron chi connectivity index (χ4n) is 2.00. The number of hydrogen-bond acceptors (Lipinski definition) is 3. The van der Waals surface area contributed by atoms with Crippen molar-refractivity contribution in [2.75, 3.05) is 0 Å². The van der Waals surface area contributed by atoms with Crippen LogP contribution in [0.25, 0.3) is 0 Å². The van der Waals surface area contributed by atoms with Gasteiger partial charge in [-0.15, -0.1) is 4.91 Å². The van der Waals surface area contributed by atoms with E-state index in [1.807, 2.05) is 6.07 Å². The van der Waals surface area contributed by atoms with Crippen molar-refractivity contribution in [2.45, 2.75) is 26.7 Å². The topological polar surface area (TPSA) is 47.2 Å². The Morgan fingerprint density at radius 1 is 1.35 bits per heavy atom. The summed E-state index contributed by atoms with van der Waals surface area (Å²) in [7, 11) is 0. The molecule has 0 fully saturated rings. The minimum absolute atomic E-state index is 0.165. The van der Waals surface area contributed by atoms with Crippen LogP contribution in [0.2, 0.25) is 0 Å². The Morgan fingerprint density at radius 2 is 2.12 bits per heavy atom. The Labute approximate surface area is 100 Å². The van der Waals surface area contributed by atoms with Gasteiger partial charge in [0.15, 0.2) is 0 Å². The molecule has 0 aliphatic carbocycles. The smallest absolute Gasteiger partial charge is 0.120 e. The first-order valence-electron chi connectivity index (χ1n) is 5.57. The molecule has 4 heteroatoms. The quantitative estimate of drug-likeness (QED) is 0.759. The number of benzene rings is 1. The molecule has 0 radical (unpaired) electrons. The molecule has 1 atom stereocenters. The van der Waals surface area contributed by atoms with Crippen LogP contribution in [0.1, 0.15) is 35.2 Å². The molecule has 0 bridgehead atoms. The first kappa shape index (κ1) is 11.5. The van der Waals surface area contributed by atoms with Gasteiger partial charge >= 0.3 is 0 Å². The van der Waals surface area contributed by atoms with Crippen LogP contribution in [0.15, 0.2) is 36.0 Å². The zero-order valence-corrected chi connectivity index (χ0v) is 10.2. The largest absolute Gasteiger partial charge is 0.239 e. The van der Waals surface area contributed by atoms with E-state index in [0.29, 0.717) is 0 Å². The summed E-state index contributed by atoms with van der Waals surface area (Å²) < 4.78 is 1.19. The third-order valence-corrected chi connectivity index (χ3v) is 3.24. The number of hydrogen-bond donors (Lipinski definition) is 0. The van der Waals surface area contributed by atoms with Crippen LogP contribution in [0, 0.1) is 18.8 Å². The molecule has 0 aliphatic heterocycles. The van der Waals surface area contributed by atoms with Gasteiger partial charge in [-0.05, 0) is 30.5 Å². The highest BCUT2D eigenvalue weighted by atomic mass is 16.3. The van der Waals surface area contributed by atoms with Crippen LogP contribution in [0.5, 0.6) is 0 Å². The first-order chi connectivity index (χ1) is 8.13. The second-order valence-corrected chi connectivity index (χ2v) is 4.27. The normalized spacial score (nSPS) is 12.4. The molecule has 0 aliphatic rings. The molecule has 2 aromatic rings. The van der Waals surface area contributed by atoms with Crippen molar-refractivity contribution in [3.63, 3.8) is 0 Å². The summed E-state index contributed by atoms with van der Waals surface area (Å²) >= 11 is 0. The number of nitroso groups, excluding NO2 is 1. The first-order valence-corrected chi connectivity index (χ1v) is 5.57. The van der Waals surface area contributed by atoms with Crippen LogP contribution in [0.3, 0.4) is 0 Å². The minimum Gasteiger partial charge on any atom is -0.239 e. The molecule has 1 heterocycles. The SMILES string of the molecule is Cc1cccc(C(C)c2cn(N=O)cn2)c1C. The predicted octanol–water partition coefficient (Wildman–Crippen LogP) is 3.18. The highest BCUT2D eigenvalue weighted by Crippen LogP contribution is 2.26. The summed E-state index contributed by atoms with van der Waals surface area (Å²) in [6, 6.07) is 6.24.